The number of rotatable bonds is 7. The molecule has 2 aromatic heterocycles. The Balaban J connectivity index is 1.56. The Labute approximate surface area is 131 Å². The van der Waals surface area contributed by atoms with Gasteiger partial charge in [-0.25, -0.2) is 4.98 Å². The van der Waals surface area contributed by atoms with Crippen molar-refractivity contribution in [3.8, 4) is 0 Å². The van der Waals surface area contributed by atoms with Crippen molar-refractivity contribution in [3.05, 3.63) is 42.4 Å². The molecule has 120 valence electrons. The Morgan fingerprint density at radius 3 is 3.18 bits per heavy atom. The zero-order valence-corrected chi connectivity index (χ0v) is 13.4. The Kier molecular flexibility index (Phi) is 4.95. The van der Waals surface area contributed by atoms with Crippen LogP contribution in [0, 0.1) is 0 Å². The van der Waals surface area contributed by atoms with Gasteiger partial charge < -0.3 is 19.0 Å². The molecule has 1 fully saturated rings. The van der Waals surface area contributed by atoms with Crippen LogP contribution in [0.3, 0.4) is 0 Å². The van der Waals surface area contributed by atoms with Gasteiger partial charge in [-0.05, 0) is 38.8 Å². The van der Waals surface area contributed by atoms with E-state index in [4.69, 9.17) is 9.15 Å². The summed E-state index contributed by atoms with van der Waals surface area (Å²) in [5.74, 6) is 2.09. The van der Waals surface area contributed by atoms with Gasteiger partial charge in [-0.1, -0.05) is 0 Å². The molecule has 0 aromatic carbocycles. The molecule has 3 heterocycles. The number of nitrogens with zero attached hydrogens (tertiary/aromatic N) is 2. The topological polar surface area (TPSA) is 52.2 Å². The maximum atomic E-state index is 5.94. The monoisotopic (exact) mass is 303 g/mol. The van der Waals surface area contributed by atoms with Crippen LogP contribution in [-0.2, 0) is 17.7 Å². The summed E-state index contributed by atoms with van der Waals surface area (Å²) in [6.07, 6.45) is 8.72. The lowest BCUT2D eigenvalue weighted by Gasteiger charge is -2.24. The van der Waals surface area contributed by atoms with E-state index in [-0.39, 0.29) is 6.10 Å². The third kappa shape index (κ3) is 3.42. The summed E-state index contributed by atoms with van der Waals surface area (Å²) in [5, 5.41) is 3.71. The molecule has 1 aliphatic rings. The third-order valence-electron chi connectivity index (χ3n) is 4.34. The first-order valence-electron chi connectivity index (χ1n) is 8.19. The Morgan fingerprint density at radius 1 is 1.50 bits per heavy atom. The average Bonchev–Trinajstić information content (AvgIpc) is 3.25. The molecule has 0 saturated carbocycles. The highest BCUT2D eigenvalue weighted by molar-refractivity contribution is 5.04. The molecular weight excluding hydrogens is 278 g/mol. The Hall–Kier alpha value is -1.59. The van der Waals surface area contributed by atoms with Gasteiger partial charge in [0.15, 0.2) is 0 Å². The van der Waals surface area contributed by atoms with Crippen LogP contribution in [0.4, 0.5) is 0 Å². The van der Waals surface area contributed by atoms with Crippen molar-refractivity contribution < 1.29 is 9.15 Å². The largest absolute Gasteiger partial charge is 0.469 e. The molecule has 22 heavy (non-hydrogen) atoms. The standard InChI is InChI=1S/C17H25N3O2/c1-3-20-10-9-18-17(20)16-15(8-12-22-16)19-13(2)6-7-14-5-4-11-21-14/h4-5,9-11,13,15-16,19H,3,6-8,12H2,1-2H3/t13-,15-,16-/m0/s1. The van der Waals surface area contributed by atoms with Gasteiger partial charge in [-0.3, -0.25) is 0 Å². The van der Waals surface area contributed by atoms with Gasteiger partial charge in [0.25, 0.3) is 0 Å². The van der Waals surface area contributed by atoms with Crippen molar-refractivity contribution >= 4 is 0 Å². The quantitative estimate of drug-likeness (QED) is 0.854. The minimum absolute atomic E-state index is 0.0565. The zero-order chi connectivity index (χ0) is 15.4. The van der Waals surface area contributed by atoms with E-state index in [0.717, 1.165) is 44.0 Å². The average molecular weight is 303 g/mol. The smallest absolute Gasteiger partial charge is 0.139 e. The number of nitrogens with one attached hydrogen (secondary N) is 1. The summed E-state index contributed by atoms with van der Waals surface area (Å²) in [6.45, 7) is 6.08. The van der Waals surface area contributed by atoms with Crippen LogP contribution >= 0.6 is 0 Å². The Morgan fingerprint density at radius 2 is 2.41 bits per heavy atom. The molecule has 1 saturated heterocycles. The van der Waals surface area contributed by atoms with Crippen LogP contribution in [0.25, 0.3) is 0 Å². The van der Waals surface area contributed by atoms with Crippen molar-refractivity contribution in [2.75, 3.05) is 6.61 Å². The van der Waals surface area contributed by atoms with Crippen LogP contribution in [0.5, 0.6) is 0 Å². The minimum Gasteiger partial charge on any atom is -0.469 e. The molecule has 0 unspecified atom stereocenters. The summed E-state index contributed by atoms with van der Waals surface area (Å²) in [5.41, 5.74) is 0. The van der Waals surface area contributed by atoms with E-state index in [1.807, 2.05) is 24.5 Å². The molecule has 5 nitrogen and oxygen atoms in total. The number of ether oxygens (including phenoxy) is 1. The molecule has 0 bridgehead atoms. The first kappa shape index (κ1) is 15.3. The molecule has 5 heteroatoms. The number of aryl methyl sites for hydroxylation is 2. The zero-order valence-electron chi connectivity index (χ0n) is 13.4. The predicted octanol–water partition coefficient (Wildman–Crippen LogP) is 2.94. The lowest BCUT2D eigenvalue weighted by atomic mass is 10.1. The highest BCUT2D eigenvalue weighted by atomic mass is 16.5. The molecule has 0 amide bonds. The van der Waals surface area contributed by atoms with Crippen molar-refractivity contribution in [1.29, 1.82) is 0 Å². The highest BCUT2D eigenvalue weighted by Gasteiger charge is 2.33. The van der Waals surface area contributed by atoms with E-state index in [0.29, 0.717) is 12.1 Å². The van der Waals surface area contributed by atoms with Crippen LogP contribution in [0.1, 0.15) is 44.4 Å². The van der Waals surface area contributed by atoms with Crippen molar-refractivity contribution in [1.82, 2.24) is 14.9 Å². The fourth-order valence-corrected chi connectivity index (χ4v) is 3.12. The normalized spacial score (nSPS) is 23.0. The summed E-state index contributed by atoms with van der Waals surface area (Å²) in [6, 6.07) is 4.73. The number of hydrogen-bond donors (Lipinski definition) is 1. The van der Waals surface area contributed by atoms with Crippen molar-refractivity contribution in [2.45, 2.75) is 57.8 Å². The number of furan rings is 1. The molecule has 3 atom stereocenters. The van der Waals surface area contributed by atoms with Crippen LogP contribution < -0.4 is 5.32 Å². The number of imidazole rings is 1. The van der Waals surface area contributed by atoms with E-state index in [1.165, 1.54) is 0 Å². The van der Waals surface area contributed by atoms with Gasteiger partial charge in [0.2, 0.25) is 0 Å². The van der Waals surface area contributed by atoms with Crippen molar-refractivity contribution in [3.63, 3.8) is 0 Å². The second-order valence-electron chi connectivity index (χ2n) is 5.94. The van der Waals surface area contributed by atoms with E-state index in [2.05, 4.69) is 28.7 Å². The van der Waals surface area contributed by atoms with E-state index < -0.39 is 0 Å². The summed E-state index contributed by atoms with van der Waals surface area (Å²) in [7, 11) is 0. The lowest BCUT2D eigenvalue weighted by molar-refractivity contribution is 0.0867. The van der Waals surface area contributed by atoms with Gasteiger partial charge in [0, 0.05) is 44.0 Å². The molecule has 2 aromatic rings. The van der Waals surface area contributed by atoms with E-state index >= 15 is 0 Å². The fourth-order valence-electron chi connectivity index (χ4n) is 3.12. The Bertz CT molecular complexity index is 564. The molecule has 1 N–H and O–H groups in total. The number of hydrogen-bond acceptors (Lipinski definition) is 4. The van der Waals surface area contributed by atoms with E-state index in [9.17, 15) is 0 Å². The van der Waals surface area contributed by atoms with Crippen LogP contribution in [-0.4, -0.2) is 28.2 Å². The van der Waals surface area contributed by atoms with Gasteiger partial charge in [0.1, 0.15) is 17.7 Å². The second-order valence-corrected chi connectivity index (χ2v) is 5.94. The fraction of sp³-hybridized carbons (Fsp3) is 0.588. The molecular formula is C17H25N3O2. The maximum absolute atomic E-state index is 5.94. The first-order chi connectivity index (χ1) is 10.8. The third-order valence-corrected chi connectivity index (χ3v) is 4.34. The first-order valence-corrected chi connectivity index (χ1v) is 8.19. The van der Waals surface area contributed by atoms with Crippen molar-refractivity contribution in [2.24, 2.45) is 0 Å². The molecule has 0 aliphatic carbocycles. The molecule has 3 rings (SSSR count). The summed E-state index contributed by atoms with van der Waals surface area (Å²) >= 11 is 0. The van der Waals surface area contributed by atoms with Crippen LogP contribution in [0.15, 0.2) is 35.2 Å². The number of aromatic nitrogens is 2. The molecule has 0 spiro atoms. The van der Waals surface area contributed by atoms with Gasteiger partial charge in [-0.15, -0.1) is 0 Å². The molecule has 1 aliphatic heterocycles. The molecule has 0 radical (unpaired) electrons. The SMILES string of the molecule is CCn1ccnc1[C@H]1OCC[C@@H]1N[C@@H](C)CCc1ccco1. The predicted molar refractivity (Wildman–Crippen MR) is 84.6 cm³/mol. The van der Waals surface area contributed by atoms with Gasteiger partial charge in [-0.2, -0.15) is 0 Å². The summed E-state index contributed by atoms with van der Waals surface area (Å²) in [4.78, 5) is 4.50. The van der Waals surface area contributed by atoms with Gasteiger partial charge in [0.05, 0.1) is 6.26 Å². The second kappa shape index (κ2) is 7.11. The highest BCUT2D eigenvalue weighted by Crippen LogP contribution is 2.28. The lowest BCUT2D eigenvalue weighted by Crippen LogP contribution is -2.39. The van der Waals surface area contributed by atoms with Crippen LogP contribution in [0.2, 0.25) is 0 Å². The van der Waals surface area contributed by atoms with E-state index in [1.54, 1.807) is 6.26 Å². The minimum atomic E-state index is 0.0565. The van der Waals surface area contributed by atoms with Gasteiger partial charge >= 0.3 is 0 Å². The summed E-state index contributed by atoms with van der Waals surface area (Å²) < 4.78 is 13.5. The maximum Gasteiger partial charge on any atom is 0.139 e.